The van der Waals surface area contributed by atoms with Crippen LogP contribution in [0.25, 0.3) is 10.9 Å². The van der Waals surface area contributed by atoms with Crippen LogP contribution in [0.4, 0.5) is 4.39 Å². The van der Waals surface area contributed by atoms with E-state index >= 15 is 0 Å². The van der Waals surface area contributed by atoms with Crippen molar-refractivity contribution in [3.05, 3.63) is 65.6 Å². The van der Waals surface area contributed by atoms with Gasteiger partial charge in [-0.15, -0.1) is 0 Å². The maximum Gasteiger partial charge on any atom is 0.123 e. The summed E-state index contributed by atoms with van der Waals surface area (Å²) in [6.45, 7) is 0.939. The smallest absolute Gasteiger partial charge is 0.123 e. The minimum Gasteiger partial charge on any atom is -0.325 e. The lowest BCUT2D eigenvalue weighted by Gasteiger charge is -2.03. The van der Waals surface area contributed by atoms with Gasteiger partial charge >= 0.3 is 0 Å². The first-order chi connectivity index (χ1) is 9.28. The van der Waals surface area contributed by atoms with Crippen LogP contribution in [0.5, 0.6) is 0 Å². The maximum atomic E-state index is 13.2. The van der Waals surface area contributed by atoms with E-state index in [9.17, 15) is 4.39 Å². The second kappa shape index (κ2) is 4.82. The second-order valence-corrected chi connectivity index (χ2v) is 4.46. The first-order valence-electron chi connectivity index (χ1n) is 6.17. The van der Waals surface area contributed by atoms with Gasteiger partial charge in [-0.25, -0.2) is 4.39 Å². The Labute approximate surface area is 110 Å². The lowest BCUT2D eigenvalue weighted by atomic mass is 10.2. The van der Waals surface area contributed by atoms with E-state index in [2.05, 4.69) is 5.10 Å². The molecule has 19 heavy (non-hydrogen) atoms. The summed E-state index contributed by atoms with van der Waals surface area (Å²) in [6, 6.07) is 14.5. The Kier molecular flexibility index (Phi) is 3.01. The number of aromatic nitrogens is 2. The number of halogens is 1. The fraction of sp³-hybridized carbons (Fsp3) is 0.133. The number of nitrogens with zero attached hydrogens (tertiary/aromatic N) is 2. The third-order valence-electron chi connectivity index (χ3n) is 3.15. The SMILES string of the molecule is NCc1nn(Cc2cccc(F)c2)c2ccccc12. The summed E-state index contributed by atoms with van der Waals surface area (Å²) in [7, 11) is 0. The van der Waals surface area contributed by atoms with Gasteiger partial charge < -0.3 is 5.73 Å². The number of fused-ring (bicyclic) bond motifs is 1. The summed E-state index contributed by atoms with van der Waals surface area (Å²) in [5, 5.41) is 5.56. The molecule has 0 fully saturated rings. The van der Waals surface area contributed by atoms with E-state index < -0.39 is 0 Å². The molecule has 2 aromatic carbocycles. The molecule has 0 saturated heterocycles. The largest absolute Gasteiger partial charge is 0.325 e. The van der Waals surface area contributed by atoms with Gasteiger partial charge in [0, 0.05) is 11.9 Å². The van der Waals surface area contributed by atoms with E-state index in [1.807, 2.05) is 35.0 Å². The van der Waals surface area contributed by atoms with Crippen molar-refractivity contribution < 1.29 is 4.39 Å². The third-order valence-corrected chi connectivity index (χ3v) is 3.15. The highest BCUT2D eigenvalue weighted by Crippen LogP contribution is 2.19. The van der Waals surface area contributed by atoms with E-state index in [0.29, 0.717) is 13.1 Å². The van der Waals surface area contributed by atoms with Crippen LogP contribution in [-0.2, 0) is 13.1 Å². The molecular formula is C15H14FN3. The zero-order chi connectivity index (χ0) is 13.2. The molecule has 3 rings (SSSR count). The summed E-state index contributed by atoms with van der Waals surface area (Å²) in [5.41, 5.74) is 8.49. The Morgan fingerprint density at radius 1 is 1.11 bits per heavy atom. The van der Waals surface area contributed by atoms with Crippen LogP contribution in [0.3, 0.4) is 0 Å². The monoisotopic (exact) mass is 255 g/mol. The molecule has 3 nitrogen and oxygen atoms in total. The molecule has 0 aliphatic heterocycles. The van der Waals surface area contributed by atoms with Crippen LogP contribution in [-0.4, -0.2) is 9.78 Å². The van der Waals surface area contributed by atoms with Gasteiger partial charge in [-0.3, -0.25) is 4.68 Å². The number of hydrogen-bond acceptors (Lipinski definition) is 2. The molecule has 1 heterocycles. The molecule has 0 spiro atoms. The molecule has 0 bridgehead atoms. The van der Waals surface area contributed by atoms with Gasteiger partial charge in [-0.1, -0.05) is 30.3 Å². The highest BCUT2D eigenvalue weighted by Gasteiger charge is 2.09. The molecule has 0 radical (unpaired) electrons. The molecule has 0 aliphatic rings. The van der Waals surface area contributed by atoms with E-state index in [-0.39, 0.29) is 5.82 Å². The zero-order valence-corrected chi connectivity index (χ0v) is 10.4. The van der Waals surface area contributed by atoms with Crippen molar-refractivity contribution in [2.24, 2.45) is 5.73 Å². The molecule has 0 saturated carbocycles. The van der Waals surface area contributed by atoms with Crippen molar-refractivity contribution in [3.63, 3.8) is 0 Å². The van der Waals surface area contributed by atoms with Crippen LogP contribution in [0.15, 0.2) is 48.5 Å². The molecule has 1 aromatic heterocycles. The minimum absolute atomic E-state index is 0.229. The van der Waals surface area contributed by atoms with Crippen molar-refractivity contribution in [2.75, 3.05) is 0 Å². The number of rotatable bonds is 3. The quantitative estimate of drug-likeness (QED) is 0.782. The van der Waals surface area contributed by atoms with Crippen molar-refractivity contribution in [2.45, 2.75) is 13.1 Å². The third kappa shape index (κ3) is 2.22. The van der Waals surface area contributed by atoms with E-state index in [4.69, 9.17) is 5.73 Å². The Hall–Kier alpha value is -2.20. The highest BCUT2D eigenvalue weighted by molar-refractivity contribution is 5.81. The second-order valence-electron chi connectivity index (χ2n) is 4.46. The van der Waals surface area contributed by atoms with Crippen LogP contribution in [0, 0.1) is 5.82 Å². The van der Waals surface area contributed by atoms with Crippen LogP contribution in [0.2, 0.25) is 0 Å². The van der Waals surface area contributed by atoms with Crippen molar-refractivity contribution in [1.29, 1.82) is 0 Å². The predicted molar refractivity (Wildman–Crippen MR) is 73.1 cm³/mol. The molecular weight excluding hydrogens is 241 g/mol. The molecule has 0 amide bonds. The lowest BCUT2D eigenvalue weighted by Crippen LogP contribution is -2.04. The van der Waals surface area contributed by atoms with Crippen molar-refractivity contribution in [3.8, 4) is 0 Å². The van der Waals surface area contributed by atoms with Crippen LogP contribution >= 0.6 is 0 Å². The molecule has 0 unspecified atom stereocenters. The number of benzene rings is 2. The average molecular weight is 255 g/mol. The number of hydrogen-bond donors (Lipinski definition) is 1. The van der Waals surface area contributed by atoms with Gasteiger partial charge in [0.05, 0.1) is 17.8 Å². The number of para-hydroxylation sites is 1. The van der Waals surface area contributed by atoms with Crippen LogP contribution < -0.4 is 5.73 Å². The van der Waals surface area contributed by atoms with E-state index in [1.54, 1.807) is 6.07 Å². The summed E-state index contributed by atoms with van der Waals surface area (Å²) < 4.78 is 15.1. The molecule has 4 heteroatoms. The van der Waals surface area contributed by atoms with E-state index in [0.717, 1.165) is 22.2 Å². The molecule has 96 valence electrons. The Bertz CT molecular complexity index is 718. The average Bonchev–Trinajstić information content (AvgIpc) is 2.77. The Balaban J connectivity index is 2.06. The summed E-state index contributed by atoms with van der Waals surface area (Å²) in [5.74, 6) is -0.229. The normalized spacial score (nSPS) is 11.1. The Morgan fingerprint density at radius 2 is 1.95 bits per heavy atom. The molecule has 3 aromatic rings. The lowest BCUT2D eigenvalue weighted by molar-refractivity contribution is 0.620. The van der Waals surface area contributed by atoms with Crippen molar-refractivity contribution >= 4 is 10.9 Å². The highest BCUT2D eigenvalue weighted by atomic mass is 19.1. The Morgan fingerprint density at radius 3 is 2.74 bits per heavy atom. The minimum atomic E-state index is -0.229. The van der Waals surface area contributed by atoms with Gasteiger partial charge in [-0.2, -0.15) is 5.10 Å². The molecule has 0 aliphatic carbocycles. The van der Waals surface area contributed by atoms with Gasteiger partial charge in [0.15, 0.2) is 0 Å². The number of nitrogens with two attached hydrogens (primary N) is 1. The fourth-order valence-corrected chi connectivity index (χ4v) is 2.28. The van der Waals surface area contributed by atoms with Crippen LogP contribution in [0.1, 0.15) is 11.3 Å². The summed E-state index contributed by atoms with van der Waals surface area (Å²) in [4.78, 5) is 0. The summed E-state index contributed by atoms with van der Waals surface area (Å²) in [6.07, 6.45) is 0. The molecule has 2 N–H and O–H groups in total. The summed E-state index contributed by atoms with van der Waals surface area (Å²) >= 11 is 0. The fourth-order valence-electron chi connectivity index (χ4n) is 2.28. The maximum absolute atomic E-state index is 13.2. The standard InChI is InChI=1S/C15H14FN3/c16-12-5-3-4-11(8-12)10-19-15-7-2-1-6-13(15)14(9-17)18-19/h1-8H,9-10,17H2. The van der Waals surface area contributed by atoms with Crippen molar-refractivity contribution in [1.82, 2.24) is 9.78 Å². The zero-order valence-electron chi connectivity index (χ0n) is 10.4. The first kappa shape index (κ1) is 11.9. The van der Waals surface area contributed by atoms with Gasteiger partial charge in [-0.05, 0) is 23.8 Å². The van der Waals surface area contributed by atoms with Gasteiger partial charge in [0.2, 0.25) is 0 Å². The predicted octanol–water partition coefficient (Wildman–Crippen LogP) is 2.68. The first-order valence-corrected chi connectivity index (χ1v) is 6.17. The topological polar surface area (TPSA) is 43.8 Å². The van der Waals surface area contributed by atoms with Gasteiger partial charge in [0.1, 0.15) is 5.82 Å². The molecule has 0 atom stereocenters. The van der Waals surface area contributed by atoms with E-state index in [1.165, 1.54) is 12.1 Å². The van der Waals surface area contributed by atoms with Gasteiger partial charge in [0.25, 0.3) is 0 Å².